The van der Waals surface area contributed by atoms with E-state index >= 15 is 0 Å². The fourth-order valence-corrected chi connectivity index (χ4v) is 2.93. The summed E-state index contributed by atoms with van der Waals surface area (Å²) in [4.78, 5) is 27.9. The van der Waals surface area contributed by atoms with Gasteiger partial charge in [-0.3, -0.25) is 9.59 Å². The van der Waals surface area contributed by atoms with Gasteiger partial charge in [-0.05, 0) is 19.8 Å². The largest absolute Gasteiger partial charge is 0.466 e. The van der Waals surface area contributed by atoms with E-state index in [0.29, 0.717) is 26.2 Å². The first-order valence-electron chi connectivity index (χ1n) is 8.18. The Morgan fingerprint density at radius 1 is 1.35 bits per heavy atom. The van der Waals surface area contributed by atoms with Crippen molar-refractivity contribution in [3.05, 3.63) is 11.8 Å². The maximum absolute atomic E-state index is 12.4. The zero-order chi connectivity index (χ0) is 16.7. The van der Waals surface area contributed by atoms with Gasteiger partial charge >= 0.3 is 5.97 Å². The van der Waals surface area contributed by atoms with Crippen LogP contribution in [-0.2, 0) is 14.3 Å². The van der Waals surface area contributed by atoms with E-state index in [0.717, 1.165) is 32.5 Å². The van der Waals surface area contributed by atoms with Crippen molar-refractivity contribution < 1.29 is 14.3 Å². The standard InChI is InChI=1S/C16H24N4O3/c1-2-23-16(22)13-4-3-7-19(11-13)12-14(10-17)15(21)20-8-5-18-6-9-20/h12-13,18H,2-9,11H2,1H3/b14-12-. The SMILES string of the molecule is CCOC(=O)C1CCCN(/C=C(/C#N)C(=O)N2CCNCC2)C1. The molecule has 0 bridgehead atoms. The molecule has 2 fully saturated rings. The summed E-state index contributed by atoms with van der Waals surface area (Å²) in [7, 11) is 0. The summed E-state index contributed by atoms with van der Waals surface area (Å²) in [5.41, 5.74) is 0.136. The number of carbonyl (C=O) groups excluding carboxylic acids is 2. The number of amides is 1. The van der Waals surface area contributed by atoms with Gasteiger partial charge in [0.15, 0.2) is 0 Å². The predicted molar refractivity (Wildman–Crippen MR) is 84.1 cm³/mol. The lowest BCUT2D eigenvalue weighted by atomic mass is 9.98. The smallest absolute Gasteiger partial charge is 0.310 e. The van der Waals surface area contributed by atoms with Crippen molar-refractivity contribution in [1.82, 2.24) is 15.1 Å². The minimum Gasteiger partial charge on any atom is -0.466 e. The van der Waals surface area contributed by atoms with Crippen LogP contribution >= 0.6 is 0 Å². The van der Waals surface area contributed by atoms with Crippen LogP contribution in [0.15, 0.2) is 11.8 Å². The van der Waals surface area contributed by atoms with Crippen molar-refractivity contribution in [1.29, 1.82) is 5.26 Å². The van der Waals surface area contributed by atoms with Gasteiger partial charge in [0.2, 0.25) is 0 Å². The van der Waals surface area contributed by atoms with Crippen LogP contribution in [0.1, 0.15) is 19.8 Å². The number of nitriles is 1. The molecule has 1 unspecified atom stereocenters. The second-order valence-electron chi connectivity index (χ2n) is 5.78. The third-order valence-corrected chi connectivity index (χ3v) is 4.14. The number of rotatable bonds is 4. The van der Waals surface area contributed by atoms with E-state index in [1.54, 1.807) is 18.0 Å². The number of nitrogens with zero attached hydrogens (tertiary/aromatic N) is 3. The Morgan fingerprint density at radius 3 is 2.74 bits per heavy atom. The van der Waals surface area contributed by atoms with Crippen molar-refractivity contribution >= 4 is 11.9 Å². The number of ether oxygens (including phenoxy) is 1. The highest BCUT2D eigenvalue weighted by Crippen LogP contribution is 2.19. The van der Waals surface area contributed by atoms with Gasteiger partial charge in [-0.1, -0.05) is 0 Å². The molecule has 7 heteroatoms. The summed E-state index contributed by atoms with van der Waals surface area (Å²) in [5.74, 6) is -0.612. The van der Waals surface area contributed by atoms with Crippen LogP contribution in [0, 0.1) is 17.2 Å². The number of esters is 1. The molecule has 126 valence electrons. The lowest BCUT2D eigenvalue weighted by molar-refractivity contribution is -0.149. The van der Waals surface area contributed by atoms with E-state index in [4.69, 9.17) is 4.74 Å². The average Bonchev–Trinajstić information content (AvgIpc) is 2.60. The molecule has 2 saturated heterocycles. The van der Waals surface area contributed by atoms with E-state index in [9.17, 15) is 14.9 Å². The van der Waals surface area contributed by atoms with Crippen LogP contribution in [0.2, 0.25) is 0 Å². The molecule has 0 aromatic rings. The first-order valence-corrected chi connectivity index (χ1v) is 8.18. The molecule has 0 spiro atoms. The highest BCUT2D eigenvalue weighted by molar-refractivity contribution is 5.97. The summed E-state index contributed by atoms with van der Waals surface area (Å²) in [6, 6.07) is 2.01. The van der Waals surface area contributed by atoms with E-state index in [-0.39, 0.29) is 23.4 Å². The summed E-state index contributed by atoms with van der Waals surface area (Å²) in [5, 5.41) is 12.5. The van der Waals surface area contributed by atoms with Crippen LogP contribution in [0.25, 0.3) is 0 Å². The molecule has 1 amide bonds. The summed E-state index contributed by atoms with van der Waals surface area (Å²) in [6.45, 7) is 6.13. The Balaban J connectivity index is 2.00. The second-order valence-corrected chi connectivity index (χ2v) is 5.78. The van der Waals surface area contributed by atoms with Gasteiger partial charge in [0, 0.05) is 45.5 Å². The van der Waals surface area contributed by atoms with Crippen molar-refractivity contribution in [2.75, 3.05) is 45.9 Å². The number of nitrogens with one attached hydrogen (secondary N) is 1. The lowest BCUT2D eigenvalue weighted by Crippen LogP contribution is -2.47. The predicted octanol–water partition coefficient (Wildman–Crippen LogP) is 0.101. The lowest BCUT2D eigenvalue weighted by Gasteiger charge is -2.31. The van der Waals surface area contributed by atoms with Gasteiger partial charge in [0.1, 0.15) is 11.6 Å². The molecule has 0 saturated carbocycles. The first-order chi connectivity index (χ1) is 11.2. The number of carbonyl (C=O) groups is 2. The molecule has 0 radical (unpaired) electrons. The van der Waals surface area contributed by atoms with Crippen LogP contribution < -0.4 is 5.32 Å². The van der Waals surface area contributed by atoms with Crippen LogP contribution in [0.5, 0.6) is 0 Å². The Labute approximate surface area is 136 Å². The fraction of sp³-hybridized carbons (Fsp3) is 0.688. The van der Waals surface area contributed by atoms with E-state index in [1.807, 2.05) is 11.0 Å². The van der Waals surface area contributed by atoms with Gasteiger partial charge in [-0.15, -0.1) is 0 Å². The van der Waals surface area contributed by atoms with Crippen molar-refractivity contribution in [2.45, 2.75) is 19.8 Å². The normalized spacial score (nSPS) is 22.4. The number of hydrogen-bond acceptors (Lipinski definition) is 6. The minimum absolute atomic E-state index is 0.136. The van der Waals surface area contributed by atoms with Crippen molar-refractivity contribution in [2.24, 2.45) is 5.92 Å². The van der Waals surface area contributed by atoms with Crippen molar-refractivity contribution in [3.63, 3.8) is 0 Å². The molecule has 2 heterocycles. The zero-order valence-electron chi connectivity index (χ0n) is 13.6. The molecule has 0 aromatic heterocycles. The molecule has 7 nitrogen and oxygen atoms in total. The van der Waals surface area contributed by atoms with E-state index in [1.165, 1.54) is 0 Å². The van der Waals surface area contributed by atoms with Gasteiger partial charge in [-0.25, -0.2) is 0 Å². The molecule has 0 aliphatic carbocycles. The van der Waals surface area contributed by atoms with Gasteiger partial charge in [-0.2, -0.15) is 5.26 Å². The fourth-order valence-electron chi connectivity index (χ4n) is 2.93. The highest BCUT2D eigenvalue weighted by atomic mass is 16.5. The number of likely N-dealkylation sites (tertiary alicyclic amines) is 1. The summed E-state index contributed by atoms with van der Waals surface area (Å²) >= 11 is 0. The molecule has 2 rings (SSSR count). The number of piperidine rings is 1. The summed E-state index contributed by atoms with van der Waals surface area (Å²) in [6.07, 6.45) is 3.24. The molecule has 1 N–H and O–H groups in total. The maximum Gasteiger partial charge on any atom is 0.310 e. The topological polar surface area (TPSA) is 85.7 Å². The quantitative estimate of drug-likeness (QED) is 0.449. The zero-order valence-corrected chi connectivity index (χ0v) is 13.6. The monoisotopic (exact) mass is 320 g/mol. The van der Waals surface area contributed by atoms with Gasteiger partial charge in [0.05, 0.1) is 12.5 Å². The molecule has 0 aromatic carbocycles. The third-order valence-electron chi connectivity index (χ3n) is 4.14. The van der Waals surface area contributed by atoms with Crippen LogP contribution in [-0.4, -0.2) is 67.6 Å². The molecular weight excluding hydrogens is 296 g/mol. The average molecular weight is 320 g/mol. The molecular formula is C16H24N4O3. The van der Waals surface area contributed by atoms with Crippen LogP contribution in [0.3, 0.4) is 0 Å². The maximum atomic E-state index is 12.4. The minimum atomic E-state index is -0.229. The highest BCUT2D eigenvalue weighted by Gasteiger charge is 2.27. The van der Waals surface area contributed by atoms with E-state index in [2.05, 4.69) is 5.32 Å². The Bertz CT molecular complexity index is 506. The number of piperazine rings is 1. The van der Waals surface area contributed by atoms with Gasteiger partial charge < -0.3 is 19.9 Å². The second kappa shape index (κ2) is 8.53. The van der Waals surface area contributed by atoms with Crippen molar-refractivity contribution in [3.8, 4) is 6.07 Å². The molecule has 23 heavy (non-hydrogen) atoms. The third kappa shape index (κ3) is 4.70. The Morgan fingerprint density at radius 2 is 2.09 bits per heavy atom. The molecule has 1 atom stereocenters. The van der Waals surface area contributed by atoms with E-state index < -0.39 is 0 Å². The number of hydrogen-bond donors (Lipinski definition) is 1. The Hall–Kier alpha value is -2.07. The molecule has 2 aliphatic heterocycles. The van der Waals surface area contributed by atoms with Crippen LogP contribution in [0.4, 0.5) is 0 Å². The van der Waals surface area contributed by atoms with Gasteiger partial charge in [0.25, 0.3) is 5.91 Å². The molecule has 2 aliphatic rings. The summed E-state index contributed by atoms with van der Waals surface area (Å²) < 4.78 is 5.07. The first kappa shape index (κ1) is 17.3. The Kier molecular flexibility index (Phi) is 6.41.